The van der Waals surface area contributed by atoms with E-state index in [0.717, 1.165) is 6.42 Å². The van der Waals surface area contributed by atoms with Gasteiger partial charge in [0, 0.05) is 25.2 Å². The molecule has 2 aliphatic rings. The van der Waals surface area contributed by atoms with Gasteiger partial charge in [-0.15, -0.1) is 0 Å². The van der Waals surface area contributed by atoms with Crippen LogP contribution in [0.2, 0.25) is 0 Å². The summed E-state index contributed by atoms with van der Waals surface area (Å²) in [7, 11) is 0. The van der Waals surface area contributed by atoms with Crippen molar-refractivity contribution < 1.29 is 9.59 Å². The highest BCUT2D eigenvalue weighted by molar-refractivity contribution is 5.90. The fourth-order valence-electron chi connectivity index (χ4n) is 2.67. The van der Waals surface area contributed by atoms with Gasteiger partial charge in [0.15, 0.2) is 0 Å². The first-order valence-electron chi connectivity index (χ1n) is 6.90. The lowest BCUT2D eigenvalue weighted by Gasteiger charge is -2.17. The number of nitrogens with zero attached hydrogens (tertiary/aromatic N) is 2. The van der Waals surface area contributed by atoms with Crippen molar-refractivity contribution >= 4 is 17.6 Å². The largest absolute Gasteiger partial charge is 0.337 e. The number of aromatic nitrogens is 1. The van der Waals surface area contributed by atoms with E-state index in [-0.39, 0.29) is 18.0 Å². The minimum absolute atomic E-state index is 0.105. The van der Waals surface area contributed by atoms with Crippen LogP contribution in [-0.2, 0) is 4.79 Å². The molecule has 3 rings (SSSR count). The molecule has 0 bridgehead atoms. The molecule has 106 valence electrons. The highest BCUT2D eigenvalue weighted by Crippen LogP contribution is 2.37. The van der Waals surface area contributed by atoms with Crippen LogP contribution in [0.4, 0.5) is 10.5 Å². The quantitative estimate of drug-likeness (QED) is 0.870. The summed E-state index contributed by atoms with van der Waals surface area (Å²) in [5.41, 5.74) is 0.641. The molecule has 2 heterocycles. The molecule has 3 atom stereocenters. The fraction of sp³-hybridized carbons (Fsp3) is 0.500. The average Bonchev–Trinajstić information content (AvgIpc) is 3.02. The third kappa shape index (κ3) is 2.74. The molecule has 6 heteroatoms. The topological polar surface area (TPSA) is 74.3 Å². The first kappa shape index (κ1) is 12.9. The summed E-state index contributed by atoms with van der Waals surface area (Å²) in [5, 5.41) is 5.55. The van der Waals surface area contributed by atoms with Crippen LogP contribution in [-0.4, -0.2) is 40.5 Å². The van der Waals surface area contributed by atoms with Gasteiger partial charge in [-0.25, -0.2) is 4.79 Å². The maximum atomic E-state index is 11.9. The zero-order chi connectivity index (χ0) is 14.1. The van der Waals surface area contributed by atoms with Crippen molar-refractivity contribution in [1.82, 2.24) is 15.2 Å². The predicted octanol–water partition coefficient (Wildman–Crippen LogP) is 1.21. The maximum absolute atomic E-state index is 11.9. The van der Waals surface area contributed by atoms with Gasteiger partial charge in [-0.05, 0) is 24.5 Å². The molecule has 3 amide bonds. The molecule has 6 nitrogen and oxygen atoms in total. The second-order valence-corrected chi connectivity index (χ2v) is 5.57. The van der Waals surface area contributed by atoms with Crippen LogP contribution >= 0.6 is 0 Å². The number of hydrogen-bond acceptors (Lipinski definition) is 3. The van der Waals surface area contributed by atoms with Crippen molar-refractivity contribution in [3.05, 3.63) is 24.5 Å². The number of pyridine rings is 1. The van der Waals surface area contributed by atoms with Crippen molar-refractivity contribution in [2.45, 2.75) is 31.8 Å². The highest BCUT2D eigenvalue weighted by Gasteiger charge is 2.44. The molecule has 1 saturated carbocycles. The summed E-state index contributed by atoms with van der Waals surface area (Å²) in [5.74, 6) is 0.743. The molecule has 0 aromatic carbocycles. The summed E-state index contributed by atoms with van der Waals surface area (Å²) < 4.78 is 0. The van der Waals surface area contributed by atoms with Crippen molar-refractivity contribution in [3.8, 4) is 0 Å². The van der Waals surface area contributed by atoms with E-state index in [1.165, 1.54) is 0 Å². The van der Waals surface area contributed by atoms with E-state index in [9.17, 15) is 9.59 Å². The lowest BCUT2D eigenvalue weighted by Crippen LogP contribution is -2.40. The highest BCUT2D eigenvalue weighted by atomic mass is 16.2. The number of carbonyl (C=O) groups excluding carboxylic acids is 2. The Bertz CT molecular complexity index is 519. The Balaban J connectivity index is 1.51. The third-order valence-corrected chi connectivity index (χ3v) is 3.88. The molecule has 0 radical (unpaired) electrons. The van der Waals surface area contributed by atoms with Crippen molar-refractivity contribution in [1.29, 1.82) is 0 Å². The zero-order valence-corrected chi connectivity index (χ0v) is 11.4. The fourth-order valence-corrected chi connectivity index (χ4v) is 2.67. The summed E-state index contributed by atoms with van der Waals surface area (Å²) in [4.78, 5) is 29.6. The molecule has 2 N–H and O–H groups in total. The minimum atomic E-state index is -0.290. The van der Waals surface area contributed by atoms with E-state index >= 15 is 0 Å². The number of rotatable bonds is 3. The van der Waals surface area contributed by atoms with Gasteiger partial charge in [0.1, 0.15) is 0 Å². The molecule has 1 aliphatic carbocycles. The molecule has 1 aliphatic heterocycles. The third-order valence-electron chi connectivity index (χ3n) is 3.88. The monoisotopic (exact) mass is 274 g/mol. The maximum Gasteiger partial charge on any atom is 0.319 e. The van der Waals surface area contributed by atoms with E-state index in [4.69, 9.17) is 0 Å². The number of anilines is 1. The number of carbonyl (C=O) groups is 2. The molecule has 1 aromatic rings. The van der Waals surface area contributed by atoms with E-state index in [1.807, 2.05) is 4.90 Å². The second-order valence-electron chi connectivity index (χ2n) is 5.57. The van der Waals surface area contributed by atoms with E-state index in [0.29, 0.717) is 30.6 Å². The number of nitrogens with one attached hydrogen (secondary N) is 2. The molecular weight excluding hydrogens is 256 g/mol. The van der Waals surface area contributed by atoms with Crippen LogP contribution in [0.5, 0.6) is 0 Å². The molecular formula is C14H18N4O2. The Kier molecular flexibility index (Phi) is 3.30. The van der Waals surface area contributed by atoms with Crippen molar-refractivity contribution in [2.75, 3.05) is 11.9 Å². The van der Waals surface area contributed by atoms with Gasteiger partial charge in [0.05, 0.1) is 17.9 Å². The SMILES string of the molecule is C[C@@H]1C[C@@H]1N1C[C@H](NC(=O)Nc2cccnc2)CC1=O. The molecule has 2 fully saturated rings. The summed E-state index contributed by atoms with van der Waals surface area (Å²) in [6.45, 7) is 2.77. The van der Waals surface area contributed by atoms with E-state index in [1.54, 1.807) is 24.5 Å². The predicted molar refractivity (Wildman–Crippen MR) is 74.1 cm³/mol. The van der Waals surface area contributed by atoms with Gasteiger partial charge in [-0.2, -0.15) is 0 Å². The van der Waals surface area contributed by atoms with Gasteiger partial charge in [0.25, 0.3) is 0 Å². The van der Waals surface area contributed by atoms with Gasteiger partial charge >= 0.3 is 6.03 Å². The Morgan fingerprint density at radius 1 is 1.50 bits per heavy atom. The summed E-state index contributed by atoms with van der Waals surface area (Å²) in [6.07, 6.45) is 4.70. The Morgan fingerprint density at radius 2 is 2.30 bits per heavy atom. The van der Waals surface area contributed by atoms with Crippen LogP contribution in [0, 0.1) is 5.92 Å². The molecule has 0 unspecified atom stereocenters. The molecule has 1 aromatic heterocycles. The standard InChI is InChI=1S/C14H18N4O2/c1-9-5-12(9)18-8-11(6-13(18)19)17-14(20)16-10-3-2-4-15-7-10/h2-4,7,9,11-12H,5-6,8H2,1H3,(H2,16,17,20)/t9-,11-,12+/m1/s1. The summed E-state index contributed by atoms with van der Waals surface area (Å²) >= 11 is 0. The minimum Gasteiger partial charge on any atom is -0.337 e. The Labute approximate surface area is 117 Å². The second kappa shape index (κ2) is 5.11. The van der Waals surface area contributed by atoms with Crippen LogP contribution in [0.1, 0.15) is 19.8 Å². The number of hydrogen-bond donors (Lipinski definition) is 2. The van der Waals surface area contributed by atoms with Gasteiger partial charge < -0.3 is 15.5 Å². The zero-order valence-electron chi connectivity index (χ0n) is 11.4. The lowest BCUT2D eigenvalue weighted by molar-refractivity contribution is -0.128. The molecule has 1 saturated heterocycles. The van der Waals surface area contributed by atoms with Crippen LogP contribution in [0.3, 0.4) is 0 Å². The number of urea groups is 1. The smallest absolute Gasteiger partial charge is 0.319 e. The van der Waals surface area contributed by atoms with Gasteiger partial charge in [-0.1, -0.05) is 6.92 Å². The van der Waals surface area contributed by atoms with E-state index in [2.05, 4.69) is 22.5 Å². The van der Waals surface area contributed by atoms with Crippen LogP contribution in [0.15, 0.2) is 24.5 Å². The molecule has 20 heavy (non-hydrogen) atoms. The molecule has 0 spiro atoms. The van der Waals surface area contributed by atoms with Crippen molar-refractivity contribution in [3.63, 3.8) is 0 Å². The van der Waals surface area contributed by atoms with E-state index < -0.39 is 0 Å². The summed E-state index contributed by atoms with van der Waals surface area (Å²) in [6, 6.07) is 3.51. The Hall–Kier alpha value is -2.11. The first-order chi connectivity index (χ1) is 9.63. The van der Waals surface area contributed by atoms with Crippen LogP contribution in [0.25, 0.3) is 0 Å². The number of likely N-dealkylation sites (tertiary alicyclic amines) is 1. The Morgan fingerprint density at radius 3 is 2.95 bits per heavy atom. The van der Waals surface area contributed by atoms with Crippen LogP contribution < -0.4 is 10.6 Å². The first-order valence-corrected chi connectivity index (χ1v) is 6.90. The van der Waals surface area contributed by atoms with Gasteiger partial charge in [0.2, 0.25) is 5.91 Å². The van der Waals surface area contributed by atoms with Crippen molar-refractivity contribution in [2.24, 2.45) is 5.92 Å². The normalized spacial score (nSPS) is 28.4. The average molecular weight is 274 g/mol. The number of amides is 3. The lowest BCUT2D eigenvalue weighted by atomic mass is 10.2. The van der Waals surface area contributed by atoms with Gasteiger partial charge in [-0.3, -0.25) is 9.78 Å².